The number of pyridine rings is 1. The Kier molecular flexibility index (Phi) is 4.90. The smallest absolute Gasteiger partial charge is 0.234 e. The molecule has 2 heterocycles. The van der Waals surface area contributed by atoms with Crippen molar-refractivity contribution in [1.82, 2.24) is 19.7 Å². The molecule has 24 heavy (non-hydrogen) atoms. The van der Waals surface area contributed by atoms with E-state index in [2.05, 4.69) is 20.5 Å². The zero-order chi connectivity index (χ0) is 16.9. The first-order valence-electron chi connectivity index (χ1n) is 7.42. The number of thioether (sulfide) groups is 1. The summed E-state index contributed by atoms with van der Waals surface area (Å²) in [5.74, 6) is 0.951. The SMILES string of the molecule is Cc1ccc(NC(=O)CSc2nnc(-c3ccncc3)n2C)cc1. The molecule has 1 aromatic carbocycles. The number of carbonyl (C=O) groups is 1. The van der Waals surface area contributed by atoms with Crippen molar-refractivity contribution in [2.75, 3.05) is 11.1 Å². The first-order valence-corrected chi connectivity index (χ1v) is 8.41. The molecule has 0 fully saturated rings. The minimum Gasteiger partial charge on any atom is -0.325 e. The highest BCUT2D eigenvalue weighted by molar-refractivity contribution is 7.99. The number of benzene rings is 1. The van der Waals surface area contributed by atoms with E-state index in [0.29, 0.717) is 5.16 Å². The summed E-state index contributed by atoms with van der Waals surface area (Å²) in [5, 5.41) is 11.9. The van der Waals surface area contributed by atoms with Gasteiger partial charge >= 0.3 is 0 Å². The van der Waals surface area contributed by atoms with Gasteiger partial charge in [0.15, 0.2) is 11.0 Å². The molecule has 3 aromatic rings. The van der Waals surface area contributed by atoms with Gasteiger partial charge in [-0.15, -0.1) is 10.2 Å². The molecule has 0 saturated carbocycles. The summed E-state index contributed by atoms with van der Waals surface area (Å²) in [6.07, 6.45) is 3.43. The van der Waals surface area contributed by atoms with Gasteiger partial charge in [0.2, 0.25) is 5.91 Å². The fourth-order valence-electron chi connectivity index (χ4n) is 2.16. The number of aromatic nitrogens is 4. The molecule has 2 aromatic heterocycles. The third-order valence-corrected chi connectivity index (χ3v) is 4.46. The van der Waals surface area contributed by atoms with Gasteiger partial charge in [-0.1, -0.05) is 29.5 Å². The van der Waals surface area contributed by atoms with Crippen molar-refractivity contribution >= 4 is 23.4 Å². The van der Waals surface area contributed by atoms with Crippen LogP contribution in [0, 0.1) is 6.92 Å². The van der Waals surface area contributed by atoms with E-state index < -0.39 is 0 Å². The second kappa shape index (κ2) is 7.27. The maximum Gasteiger partial charge on any atom is 0.234 e. The van der Waals surface area contributed by atoms with Crippen molar-refractivity contribution in [2.24, 2.45) is 7.05 Å². The highest BCUT2D eigenvalue weighted by atomic mass is 32.2. The van der Waals surface area contributed by atoms with E-state index in [1.54, 1.807) is 12.4 Å². The Morgan fingerprint density at radius 1 is 1.12 bits per heavy atom. The van der Waals surface area contributed by atoms with Gasteiger partial charge < -0.3 is 9.88 Å². The van der Waals surface area contributed by atoms with Crippen LogP contribution in [0.25, 0.3) is 11.4 Å². The molecule has 7 heteroatoms. The maximum atomic E-state index is 12.1. The number of hydrogen-bond donors (Lipinski definition) is 1. The molecular formula is C17H17N5OS. The molecule has 0 bridgehead atoms. The normalized spacial score (nSPS) is 10.6. The topological polar surface area (TPSA) is 72.7 Å². The van der Waals surface area contributed by atoms with Crippen LogP contribution < -0.4 is 5.32 Å². The van der Waals surface area contributed by atoms with E-state index in [1.807, 2.05) is 54.9 Å². The van der Waals surface area contributed by atoms with E-state index in [4.69, 9.17) is 0 Å². The molecule has 0 aliphatic carbocycles. The summed E-state index contributed by atoms with van der Waals surface area (Å²) in [6.45, 7) is 2.01. The molecule has 3 rings (SSSR count). The molecular weight excluding hydrogens is 322 g/mol. The second-order valence-corrected chi connectivity index (χ2v) is 6.25. The quantitative estimate of drug-likeness (QED) is 0.724. The van der Waals surface area contributed by atoms with Crippen LogP contribution in [0.1, 0.15) is 5.56 Å². The number of nitrogens with one attached hydrogen (secondary N) is 1. The van der Waals surface area contributed by atoms with Crippen LogP contribution in [0.3, 0.4) is 0 Å². The largest absolute Gasteiger partial charge is 0.325 e. The van der Waals surface area contributed by atoms with E-state index in [-0.39, 0.29) is 11.7 Å². The number of hydrogen-bond acceptors (Lipinski definition) is 5. The molecule has 6 nitrogen and oxygen atoms in total. The molecule has 0 unspecified atom stereocenters. The van der Waals surface area contributed by atoms with E-state index >= 15 is 0 Å². The first kappa shape index (κ1) is 16.2. The third-order valence-electron chi connectivity index (χ3n) is 3.44. The molecule has 0 aliphatic heterocycles. The van der Waals surface area contributed by atoms with Crippen molar-refractivity contribution in [3.05, 3.63) is 54.4 Å². The molecule has 0 saturated heterocycles. The minimum atomic E-state index is -0.0719. The van der Waals surface area contributed by atoms with Crippen LogP contribution in [0.15, 0.2) is 53.9 Å². The third kappa shape index (κ3) is 3.80. The lowest BCUT2D eigenvalue weighted by Gasteiger charge is -2.06. The Hall–Kier alpha value is -2.67. The van der Waals surface area contributed by atoms with Crippen LogP contribution in [-0.4, -0.2) is 31.4 Å². The van der Waals surface area contributed by atoms with E-state index in [9.17, 15) is 4.79 Å². The number of carbonyl (C=O) groups excluding carboxylic acids is 1. The van der Waals surface area contributed by atoms with Gasteiger partial charge in [0.1, 0.15) is 0 Å². The highest BCUT2D eigenvalue weighted by Crippen LogP contribution is 2.22. The number of aryl methyl sites for hydroxylation is 1. The molecule has 0 spiro atoms. The Balaban J connectivity index is 1.62. The van der Waals surface area contributed by atoms with Gasteiger partial charge in [-0.2, -0.15) is 0 Å². The lowest BCUT2D eigenvalue weighted by Crippen LogP contribution is -2.14. The second-order valence-electron chi connectivity index (χ2n) is 5.30. The summed E-state index contributed by atoms with van der Waals surface area (Å²) in [7, 11) is 1.88. The number of amides is 1. The van der Waals surface area contributed by atoms with E-state index in [1.165, 1.54) is 11.8 Å². The highest BCUT2D eigenvalue weighted by Gasteiger charge is 2.12. The Labute approximate surface area is 144 Å². The predicted molar refractivity (Wildman–Crippen MR) is 94.8 cm³/mol. The molecule has 1 amide bonds. The zero-order valence-corrected chi connectivity index (χ0v) is 14.2. The average Bonchev–Trinajstić information content (AvgIpc) is 2.97. The monoisotopic (exact) mass is 339 g/mol. The Bertz CT molecular complexity index is 830. The fraction of sp³-hybridized carbons (Fsp3) is 0.176. The molecule has 1 N–H and O–H groups in total. The molecule has 122 valence electrons. The van der Waals surface area contributed by atoms with Crippen LogP contribution in [-0.2, 0) is 11.8 Å². The van der Waals surface area contributed by atoms with Crippen molar-refractivity contribution in [1.29, 1.82) is 0 Å². The predicted octanol–water partition coefficient (Wildman–Crippen LogP) is 2.92. The van der Waals surface area contributed by atoms with Crippen molar-refractivity contribution in [2.45, 2.75) is 12.1 Å². The summed E-state index contributed by atoms with van der Waals surface area (Å²) in [5.41, 5.74) is 2.89. The van der Waals surface area contributed by atoms with Crippen molar-refractivity contribution in [3.63, 3.8) is 0 Å². The number of anilines is 1. The van der Waals surface area contributed by atoms with Crippen molar-refractivity contribution in [3.8, 4) is 11.4 Å². The van der Waals surface area contributed by atoms with Crippen molar-refractivity contribution < 1.29 is 4.79 Å². The summed E-state index contributed by atoms with van der Waals surface area (Å²) in [6, 6.07) is 11.5. The summed E-state index contributed by atoms with van der Waals surface area (Å²) in [4.78, 5) is 16.1. The van der Waals surface area contributed by atoms with Gasteiger partial charge in [-0.25, -0.2) is 0 Å². The standard InChI is InChI=1S/C17H17N5OS/c1-12-3-5-14(6-4-12)19-15(23)11-24-17-21-20-16(22(17)2)13-7-9-18-10-8-13/h3-10H,11H2,1-2H3,(H,19,23). The number of nitrogens with zero attached hydrogens (tertiary/aromatic N) is 4. The van der Waals surface area contributed by atoms with Gasteiger partial charge in [-0.3, -0.25) is 9.78 Å². The molecule has 0 atom stereocenters. The minimum absolute atomic E-state index is 0.0719. The summed E-state index contributed by atoms with van der Waals surface area (Å²) < 4.78 is 1.87. The summed E-state index contributed by atoms with van der Waals surface area (Å²) >= 11 is 1.35. The lowest BCUT2D eigenvalue weighted by atomic mass is 10.2. The van der Waals surface area contributed by atoms with E-state index in [0.717, 1.165) is 22.6 Å². The van der Waals surface area contributed by atoms with Crippen LogP contribution in [0.2, 0.25) is 0 Å². The zero-order valence-electron chi connectivity index (χ0n) is 13.4. The first-order chi connectivity index (χ1) is 11.6. The Morgan fingerprint density at radius 3 is 2.54 bits per heavy atom. The number of rotatable bonds is 5. The van der Waals surface area contributed by atoms with Crippen LogP contribution in [0.4, 0.5) is 5.69 Å². The lowest BCUT2D eigenvalue weighted by molar-refractivity contribution is -0.113. The van der Waals surface area contributed by atoms with Gasteiger partial charge in [0.05, 0.1) is 5.75 Å². The van der Waals surface area contributed by atoms with Gasteiger partial charge in [0.25, 0.3) is 0 Å². The van der Waals surface area contributed by atoms with Gasteiger partial charge in [-0.05, 0) is 31.2 Å². The fourth-order valence-corrected chi connectivity index (χ4v) is 2.87. The maximum absolute atomic E-state index is 12.1. The average molecular weight is 339 g/mol. The van der Waals surface area contributed by atoms with Gasteiger partial charge in [0, 0.05) is 30.7 Å². The Morgan fingerprint density at radius 2 is 1.83 bits per heavy atom. The molecule has 0 aliphatic rings. The van der Waals surface area contributed by atoms with Crippen LogP contribution in [0.5, 0.6) is 0 Å². The van der Waals surface area contributed by atoms with Crippen LogP contribution >= 0.6 is 11.8 Å². The molecule has 0 radical (unpaired) electrons.